The van der Waals surface area contributed by atoms with Crippen LogP contribution in [0, 0.1) is 0 Å². The Labute approximate surface area is 146 Å². The van der Waals surface area contributed by atoms with E-state index in [1.165, 1.54) is 5.56 Å². The van der Waals surface area contributed by atoms with Crippen LogP contribution >= 0.6 is 0 Å². The first-order valence-electron chi connectivity index (χ1n) is 8.36. The van der Waals surface area contributed by atoms with Crippen molar-refractivity contribution in [2.45, 2.75) is 13.3 Å². The van der Waals surface area contributed by atoms with Gasteiger partial charge in [0.05, 0.1) is 0 Å². The third-order valence-electron chi connectivity index (χ3n) is 4.61. The highest BCUT2D eigenvalue weighted by molar-refractivity contribution is 6.22. The van der Waals surface area contributed by atoms with Crippen LogP contribution in [0.1, 0.15) is 38.8 Å². The van der Waals surface area contributed by atoms with Gasteiger partial charge in [0, 0.05) is 22.4 Å². The topological polar surface area (TPSA) is 46.2 Å². The molecule has 3 heteroatoms. The first-order valence-corrected chi connectivity index (χ1v) is 8.36. The van der Waals surface area contributed by atoms with E-state index in [1.807, 2.05) is 54.6 Å². The van der Waals surface area contributed by atoms with Gasteiger partial charge in [-0.15, -0.1) is 0 Å². The summed E-state index contributed by atoms with van der Waals surface area (Å²) in [5.74, 6) is -0.233. The first kappa shape index (κ1) is 15.3. The number of hydrogen-bond acceptors (Lipinski definition) is 2. The van der Waals surface area contributed by atoms with Crippen LogP contribution in [0.5, 0.6) is 0 Å². The van der Waals surface area contributed by atoms with Crippen molar-refractivity contribution in [3.05, 3.63) is 89.0 Å². The van der Waals surface area contributed by atoms with Gasteiger partial charge in [-0.1, -0.05) is 49.4 Å². The van der Waals surface area contributed by atoms with Crippen LogP contribution < -0.4 is 5.32 Å². The number of benzene rings is 3. The fraction of sp³-hybridized carbons (Fsp3) is 0.0909. The van der Waals surface area contributed by atoms with Crippen molar-refractivity contribution in [3.8, 4) is 11.1 Å². The van der Waals surface area contributed by atoms with Crippen molar-refractivity contribution >= 4 is 17.4 Å². The van der Waals surface area contributed by atoms with Crippen molar-refractivity contribution in [2.75, 3.05) is 5.32 Å². The molecule has 0 saturated heterocycles. The predicted octanol–water partition coefficient (Wildman–Crippen LogP) is 4.71. The Morgan fingerprint density at radius 1 is 0.840 bits per heavy atom. The summed E-state index contributed by atoms with van der Waals surface area (Å²) in [5.41, 5.74) is 5.57. The lowest BCUT2D eigenvalue weighted by Crippen LogP contribution is -2.12. The molecular weight excluding hydrogens is 310 g/mol. The van der Waals surface area contributed by atoms with Crippen molar-refractivity contribution in [2.24, 2.45) is 0 Å². The largest absolute Gasteiger partial charge is 0.322 e. The molecule has 3 aromatic carbocycles. The Kier molecular flexibility index (Phi) is 3.69. The number of fused-ring (bicyclic) bond motifs is 3. The van der Waals surface area contributed by atoms with Crippen molar-refractivity contribution in [1.82, 2.24) is 0 Å². The van der Waals surface area contributed by atoms with Gasteiger partial charge in [-0.2, -0.15) is 0 Å². The lowest BCUT2D eigenvalue weighted by molar-refractivity contribution is 0.102. The molecule has 122 valence electrons. The molecule has 0 unspecified atom stereocenters. The number of carbonyl (C=O) groups excluding carboxylic acids is 2. The van der Waals surface area contributed by atoms with Crippen LogP contribution in [0.4, 0.5) is 5.69 Å². The summed E-state index contributed by atoms with van der Waals surface area (Å²) in [7, 11) is 0. The molecule has 0 atom stereocenters. The van der Waals surface area contributed by atoms with E-state index in [9.17, 15) is 9.59 Å². The standard InChI is InChI=1S/C22H17NO2/c1-2-14-7-10-16(11-8-14)23-22(25)15-9-12-18-17-5-3-4-6-19(17)21(24)20(18)13-15/h3-13H,2H2,1H3,(H,23,25). The summed E-state index contributed by atoms with van der Waals surface area (Å²) >= 11 is 0. The molecule has 3 aromatic rings. The van der Waals surface area contributed by atoms with Gasteiger partial charge in [-0.05, 0) is 47.4 Å². The van der Waals surface area contributed by atoms with Crippen LogP contribution in [-0.2, 0) is 6.42 Å². The molecule has 0 saturated carbocycles. The molecule has 0 radical (unpaired) electrons. The third-order valence-corrected chi connectivity index (χ3v) is 4.61. The van der Waals surface area contributed by atoms with E-state index in [0.717, 1.165) is 23.2 Å². The summed E-state index contributed by atoms with van der Waals surface area (Å²) in [4.78, 5) is 25.1. The van der Waals surface area contributed by atoms with Gasteiger partial charge >= 0.3 is 0 Å². The number of nitrogens with one attached hydrogen (secondary N) is 1. The molecule has 1 amide bonds. The monoisotopic (exact) mass is 327 g/mol. The Bertz CT molecular complexity index is 987. The molecule has 3 nitrogen and oxygen atoms in total. The van der Waals surface area contributed by atoms with E-state index in [1.54, 1.807) is 12.1 Å². The average molecular weight is 327 g/mol. The minimum Gasteiger partial charge on any atom is -0.322 e. The Morgan fingerprint density at radius 2 is 1.52 bits per heavy atom. The van der Waals surface area contributed by atoms with Crippen LogP contribution in [0.2, 0.25) is 0 Å². The number of carbonyl (C=O) groups is 2. The van der Waals surface area contributed by atoms with Crippen LogP contribution in [0.3, 0.4) is 0 Å². The highest BCUT2D eigenvalue weighted by atomic mass is 16.1. The van der Waals surface area contributed by atoms with E-state index in [0.29, 0.717) is 16.7 Å². The zero-order valence-electron chi connectivity index (χ0n) is 13.9. The normalized spacial score (nSPS) is 11.8. The third kappa shape index (κ3) is 2.64. The first-order chi connectivity index (χ1) is 12.2. The summed E-state index contributed by atoms with van der Waals surface area (Å²) in [6.45, 7) is 2.09. The lowest BCUT2D eigenvalue weighted by atomic mass is 10.0. The fourth-order valence-electron chi connectivity index (χ4n) is 3.20. The van der Waals surface area contributed by atoms with Crippen LogP contribution in [-0.4, -0.2) is 11.7 Å². The molecule has 4 rings (SSSR count). The van der Waals surface area contributed by atoms with Crippen molar-refractivity contribution in [1.29, 1.82) is 0 Å². The second-order valence-corrected chi connectivity index (χ2v) is 6.14. The van der Waals surface area contributed by atoms with Crippen molar-refractivity contribution < 1.29 is 9.59 Å². The molecule has 1 aliphatic rings. The van der Waals surface area contributed by atoms with Crippen molar-refractivity contribution in [3.63, 3.8) is 0 Å². The van der Waals surface area contributed by atoms with E-state index < -0.39 is 0 Å². The van der Waals surface area contributed by atoms with Gasteiger partial charge in [0.1, 0.15) is 0 Å². The second kappa shape index (κ2) is 6.02. The maximum Gasteiger partial charge on any atom is 0.255 e. The number of ketones is 1. The summed E-state index contributed by atoms with van der Waals surface area (Å²) < 4.78 is 0. The molecule has 0 fully saturated rings. The Hall–Kier alpha value is -3.20. The van der Waals surface area contributed by atoms with Gasteiger partial charge in [-0.25, -0.2) is 0 Å². The number of rotatable bonds is 3. The minimum absolute atomic E-state index is 0.0208. The van der Waals surface area contributed by atoms with Crippen LogP contribution in [0.15, 0.2) is 66.7 Å². The number of aryl methyl sites for hydroxylation is 1. The zero-order valence-corrected chi connectivity index (χ0v) is 13.9. The van der Waals surface area contributed by atoms with Gasteiger partial charge in [-0.3, -0.25) is 9.59 Å². The molecule has 0 aromatic heterocycles. The van der Waals surface area contributed by atoms with E-state index in [-0.39, 0.29) is 11.7 Å². The van der Waals surface area contributed by atoms with E-state index in [2.05, 4.69) is 12.2 Å². The quantitative estimate of drug-likeness (QED) is 0.592. The second-order valence-electron chi connectivity index (χ2n) is 6.14. The SMILES string of the molecule is CCc1ccc(NC(=O)c2ccc3c(c2)C(=O)c2ccccc2-3)cc1. The lowest BCUT2D eigenvalue weighted by Gasteiger charge is -2.07. The number of anilines is 1. The minimum atomic E-state index is -0.212. The van der Waals surface area contributed by atoms with Crippen LogP contribution in [0.25, 0.3) is 11.1 Å². The molecule has 25 heavy (non-hydrogen) atoms. The molecule has 1 N–H and O–H groups in total. The average Bonchev–Trinajstić information content (AvgIpc) is 2.95. The number of hydrogen-bond donors (Lipinski definition) is 1. The van der Waals surface area contributed by atoms with E-state index >= 15 is 0 Å². The molecule has 0 aliphatic heterocycles. The predicted molar refractivity (Wildman–Crippen MR) is 99.1 cm³/mol. The van der Waals surface area contributed by atoms with Gasteiger partial charge in [0.15, 0.2) is 5.78 Å². The smallest absolute Gasteiger partial charge is 0.255 e. The van der Waals surface area contributed by atoms with E-state index in [4.69, 9.17) is 0 Å². The van der Waals surface area contributed by atoms with Gasteiger partial charge < -0.3 is 5.32 Å². The summed E-state index contributed by atoms with van der Waals surface area (Å²) in [6, 6.07) is 20.6. The molecular formula is C22H17NO2. The maximum absolute atomic E-state index is 12.6. The fourth-order valence-corrected chi connectivity index (χ4v) is 3.20. The molecule has 0 bridgehead atoms. The summed E-state index contributed by atoms with van der Waals surface area (Å²) in [6.07, 6.45) is 0.960. The van der Waals surface area contributed by atoms with Gasteiger partial charge in [0.25, 0.3) is 5.91 Å². The van der Waals surface area contributed by atoms with Gasteiger partial charge in [0.2, 0.25) is 0 Å². The molecule has 1 aliphatic carbocycles. The zero-order chi connectivity index (χ0) is 17.4. The highest BCUT2D eigenvalue weighted by Gasteiger charge is 2.26. The highest BCUT2D eigenvalue weighted by Crippen LogP contribution is 2.36. The number of amides is 1. The maximum atomic E-state index is 12.6. The summed E-state index contributed by atoms with van der Waals surface area (Å²) in [5, 5.41) is 2.89. The Morgan fingerprint density at radius 3 is 2.24 bits per heavy atom. The molecule has 0 heterocycles. The Balaban J connectivity index is 1.62. The molecule has 0 spiro atoms.